The summed E-state index contributed by atoms with van der Waals surface area (Å²) in [4.78, 5) is 11.2. The van der Waals surface area contributed by atoms with E-state index in [2.05, 4.69) is 5.32 Å². The van der Waals surface area contributed by atoms with Gasteiger partial charge in [0.05, 0.1) is 12.7 Å². The Bertz CT molecular complexity index is 331. The van der Waals surface area contributed by atoms with Crippen LogP contribution in [0.5, 0.6) is 0 Å². The summed E-state index contributed by atoms with van der Waals surface area (Å²) in [5.41, 5.74) is 0. The highest BCUT2D eigenvalue weighted by Crippen LogP contribution is 2.28. The normalized spacial score (nSPS) is 38.9. The lowest BCUT2D eigenvalue weighted by atomic mass is 9.97. The van der Waals surface area contributed by atoms with Crippen molar-refractivity contribution in [1.82, 2.24) is 5.32 Å². The maximum absolute atomic E-state index is 11.2. The molecule has 5 unspecified atom stereocenters. The van der Waals surface area contributed by atoms with Gasteiger partial charge >= 0.3 is 0 Å². The van der Waals surface area contributed by atoms with E-state index in [1.165, 1.54) is 6.92 Å². The molecule has 0 aromatic rings. The molecule has 1 saturated heterocycles. The van der Waals surface area contributed by atoms with Gasteiger partial charge in [-0.05, 0) is 12.8 Å². The third-order valence-corrected chi connectivity index (χ3v) is 3.88. The van der Waals surface area contributed by atoms with E-state index in [1.807, 2.05) is 0 Å². The zero-order valence-electron chi connectivity index (χ0n) is 11.6. The van der Waals surface area contributed by atoms with Crippen LogP contribution in [0.15, 0.2) is 0 Å². The van der Waals surface area contributed by atoms with Gasteiger partial charge in [0.25, 0.3) is 0 Å². The van der Waals surface area contributed by atoms with Gasteiger partial charge in [0.15, 0.2) is 6.29 Å². The second-order valence-electron chi connectivity index (χ2n) is 5.48. The molecule has 2 aliphatic rings. The molecule has 4 N–H and O–H groups in total. The van der Waals surface area contributed by atoms with Crippen molar-refractivity contribution in [3.05, 3.63) is 0 Å². The first-order valence-corrected chi connectivity index (χ1v) is 7.08. The van der Waals surface area contributed by atoms with E-state index >= 15 is 0 Å². The third kappa shape index (κ3) is 3.48. The van der Waals surface area contributed by atoms with Crippen molar-refractivity contribution in [2.75, 3.05) is 6.61 Å². The standard InChI is InChI=1S/C13H23NO6/c1-7(16)14-10-12(18)11(17)9(6-15)20-13(10)19-8-4-2-3-5-8/h8-13,15,17-18H,2-6H2,1H3,(H,14,16). The van der Waals surface area contributed by atoms with E-state index in [-0.39, 0.29) is 12.0 Å². The Balaban J connectivity index is 2.07. The van der Waals surface area contributed by atoms with Crippen LogP contribution in [0.1, 0.15) is 32.6 Å². The highest BCUT2D eigenvalue weighted by atomic mass is 16.7. The van der Waals surface area contributed by atoms with Crippen LogP contribution in [0.2, 0.25) is 0 Å². The summed E-state index contributed by atoms with van der Waals surface area (Å²) in [5, 5.41) is 31.7. The van der Waals surface area contributed by atoms with Gasteiger partial charge in [-0.1, -0.05) is 12.8 Å². The highest BCUT2D eigenvalue weighted by Gasteiger charge is 2.46. The Morgan fingerprint density at radius 2 is 1.95 bits per heavy atom. The maximum Gasteiger partial charge on any atom is 0.217 e. The average molecular weight is 289 g/mol. The molecule has 1 heterocycles. The molecule has 1 saturated carbocycles. The van der Waals surface area contributed by atoms with E-state index in [0.717, 1.165) is 25.7 Å². The van der Waals surface area contributed by atoms with Crippen molar-refractivity contribution < 1.29 is 29.6 Å². The molecule has 1 aliphatic heterocycles. The average Bonchev–Trinajstić information content (AvgIpc) is 2.90. The molecule has 7 nitrogen and oxygen atoms in total. The van der Waals surface area contributed by atoms with Crippen LogP contribution >= 0.6 is 0 Å². The van der Waals surface area contributed by atoms with Crippen LogP contribution in [0.25, 0.3) is 0 Å². The quantitative estimate of drug-likeness (QED) is 0.522. The lowest BCUT2D eigenvalue weighted by molar-refractivity contribution is -0.281. The van der Waals surface area contributed by atoms with Gasteiger partial charge in [0, 0.05) is 6.92 Å². The molecule has 1 aliphatic carbocycles. The summed E-state index contributed by atoms with van der Waals surface area (Å²) in [6.07, 6.45) is -0.272. The van der Waals surface area contributed by atoms with Crippen LogP contribution in [0, 0.1) is 0 Å². The zero-order valence-corrected chi connectivity index (χ0v) is 11.6. The largest absolute Gasteiger partial charge is 0.394 e. The molecule has 0 aromatic heterocycles. The number of nitrogens with one attached hydrogen (secondary N) is 1. The fraction of sp³-hybridized carbons (Fsp3) is 0.923. The molecule has 20 heavy (non-hydrogen) atoms. The predicted octanol–water partition coefficient (Wildman–Crippen LogP) is -1.11. The maximum atomic E-state index is 11.2. The lowest BCUT2D eigenvalue weighted by Gasteiger charge is -2.43. The number of hydrogen-bond acceptors (Lipinski definition) is 6. The number of aliphatic hydroxyl groups excluding tert-OH is 3. The summed E-state index contributed by atoms with van der Waals surface area (Å²) < 4.78 is 11.3. The fourth-order valence-corrected chi connectivity index (χ4v) is 2.80. The first-order chi connectivity index (χ1) is 9.52. The fourth-order valence-electron chi connectivity index (χ4n) is 2.80. The Hall–Kier alpha value is -0.730. The number of rotatable bonds is 4. The molecule has 0 bridgehead atoms. The van der Waals surface area contributed by atoms with Crippen molar-refractivity contribution >= 4 is 5.91 Å². The molecule has 0 aromatic carbocycles. The molecular weight excluding hydrogens is 266 g/mol. The summed E-state index contributed by atoms with van der Waals surface area (Å²) >= 11 is 0. The zero-order chi connectivity index (χ0) is 14.7. The minimum atomic E-state index is -1.26. The van der Waals surface area contributed by atoms with Crippen molar-refractivity contribution in [3.63, 3.8) is 0 Å². The van der Waals surface area contributed by atoms with Gasteiger partial charge < -0.3 is 30.1 Å². The van der Waals surface area contributed by atoms with E-state index in [1.54, 1.807) is 0 Å². The van der Waals surface area contributed by atoms with Gasteiger partial charge in [-0.15, -0.1) is 0 Å². The van der Waals surface area contributed by atoms with E-state index in [0.29, 0.717) is 0 Å². The number of carbonyl (C=O) groups is 1. The SMILES string of the molecule is CC(=O)NC1C(OC2CCCC2)OC(CO)C(O)C1O. The number of carbonyl (C=O) groups excluding carboxylic acids is 1. The van der Waals surface area contributed by atoms with E-state index < -0.39 is 37.3 Å². The predicted molar refractivity (Wildman–Crippen MR) is 68.7 cm³/mol. The molecular formula is C13H23NO6. The Morgan fingerprint density at radius 3 is 2.50 bits per heavy atom. The number of ether oxygens (including phenoxy) is 2. The van der Waals surface area contributed by atoms with Crippen LogP contribution < -0.4 is 5.32 Å². The Kier molecular flexibility index (Phi) is 5.34. The molecule has 2 rings (SSSR count). The van der Waals surface area contributed by atoms with Crippen LogP contribution in [0.3, 0.4) is 0 Å². The smallest absolute Gasteiger partial charge is 0.217 e. The van der Waals surface area contributed by atoms with E-state index in [9.17, 15) is 20.1 Å². The van der Waals surface area contributed by atoms with Crippen molar-refractivity contribution in [2.24, 2.45) is 0 Å². The summed E-state index contributed by atoms with van der Waals surface area (Å²) in [6, 6.07) is -0.842. The monoisotopic (exact) mass is 289 g/mol. The molecule has 2 fully saturated rings. The molecule has 0 radical (unpaired) electrons. The summed E-state index contributed by atoms with van der Waals surface area (Å²) in [6.45, 7) is 0.902. The third-order valence-electron chi connectivity index (χ3n) is 3.88. The molecule has 1 amide bonds. The minimum absolute atomic E-state index is 0.0260. The topological polar surface area (TPSA) is 108 Å². The number of hydrogen-bond donors (Lipinski definition) is 4. The van der Waals surface area contributed by atoms with Crippen molar-refractivity contribution in [2.45, 2.75) is 69.4 Å². The van der Waals surface area contributed by atoms with E-state index in [4.69, 9.17) is 9.47 Å². The molecule has 7 heteroatoms. The number of amides is 1. The first kappa shape index (κ1) is 15.7. The van der Waals surface area contributed by atoms with Gasteiger partial charge in [-0.2, -0.15) is 0 Å². The lowest BCUT2D eigenvalue weighted by Crippen LogP contribution is -2.64. The van der Waals surface area contributed by atoms with Crippen LogP contribution in [-0.2, 0) is 14.3 Å². The van der Waals surface area contributed by atoms with Gasteiger partial charge in [-0.3, -0.25) is 4.79 Å². The second kappa shape index (κ2) is 6.82. The van der Waals surface area contributed by atoms with Crippen molar-refractivity contribution in [3.8, 4) is 0 Å². The minimum Gasteiger partial charge on any atom is -0.394 e. The Morgan fingerprint density at radius 1 is 1.30 bits per heavy atom. The summed E-state index contributed by atoms with van der Waals surface area (Å²) in [7, 11) is 0. The number of aliphatic hydroxyl groups is 3. The Labute approximate surface area is 117 Å². The van der Waals surface area contributed by atoms with Crippen molar-refractivity contribution in [1.29, 1.82) is 0 Å². The van der Waals surface area contributed by atoms with Crippen LogP contribution in [-0.4, -0.2) is 64.6 Å². The first-order valence-electron chi connectivity index (χ1n) is 7.08. The second-order valence-corrected chi connectivity index (χ2v) is 5.48. The molecule has 0 spiro atoms. The molecule has 116 valence electrons. The summed E-state index contributed by atoms with van der Waals surface area (Å²) in [5.74, 6) is -0.340. The van der Waals surface area contributed by atoms with Gasteiger partial charge in [0.1, 0.15) is 24.4 Å². The van der Waals surface area contributed by atoms with Gasteiger partial charge in [0.2, 0.25) is 5.91 Å². The molecule has 5 atom stereocenters. The highest BCUT2D eigenvalue weighted by molar-refractivity contribution is 5.73. The van der Waals surface area contributed by atoms with Crippen LogP contribution in [0.4, 0.5) is 0 Å². The van der Waals surface area contributed by atoms with Gasteiger partial charge in [-0.25, -0.2) is 0 Å².